The molecule has 132 valence electrons. The van der Waals surface area contributed by atoms with Gasteiger partial charge in [-0.05, 0) is 56.8 Å². The summed E-state index contributed by atoms with van der Waals surface area (Å²) in [6.45, 7) is 9.67. The highest BCUT2D eigenvalue weighted by molar-refractivity contribution is 7.10. The lowest BCUT2D eigenvalue weighted by Gasteiger charge is -2.30. The van der Waals surface area contributed by atoms with Crippen LogP contribution in [0.15, 0.2) is 18.5 Å². The van der Waals surface area contributed by atoms with Crippen LogP contribution in [-0.2, 0) is 6.54 Å². The molecule has 1 N–H and O–H groups in total. The summed E-state index contributed by atoms with van der Waals surface area (Å²) in [6.07, 6.45) is 6.52. The molecule has 0 radical (unpaired) electrons. The minimum absolute atomic E-state index is 0.787. The fourth-order valence-corrected chi connectivity index (χ4v) is 4.19. The highest BCUT2D eigenvalue weighted by Crippen LogP contribution is 2.25. The van der Waals surface area contributed by atoms with Crippen LogP contribution in [0.4, 0.5) is 10.8 Å². The highest BCUT2D eigenvalue weighted by atomic mass is 32.1. The minimum atomic E-state index is 0.787. The number of imidazole rings is 1. The molecule has 1 unspecified atom stereocenters. The van der Waals surface area contributed by atoms with Gasteiger partial charge < -0.3 is 5.32 Å². The van der Waals surface area contributed by atoms with Crippen molar-refractivity contribution in [1.82, 2.24) is 23.6 Å². The zero-order valence-corrected chi connectivity index (χ0v) is 15.8. The van der Waals surface area contributed by atoms with E-state index in [-0.39, 0.29) is 0 Å². The predicted molar refractivity (Wildman–Crippen MR) is 102 cm³/mol. The van der Waals surface area contributed by atoms with Gasteiger partial charge in [-0.15, -0.1) is 0 Å². The topological polar surface area (TPSA) is 58.4 Å². The van der Waals surface area contributed by atoms with E-state index in [4.69, 9.17) is 0 Å². The fraction of sp³-hybridized carbons (Fsp3) is 0.500. The molecule has 3 aromatic rings. The molecule has 0 bridgehead atoms. The Hall–Kier alpha value is -1.99. The lowest BCUT2D eigenvalue weighted by atomic mass is 10.0. The average Bonchev–Trinajstić information content (AvgIpc) is 3.15. The maximum atomic E-state index is 4.62. The second-order valence-electron chi connectivity index (χ2n) is 7.11. The Bertz CT molecular complexity index is 883. The molecule has 25 heavy (non-hydrogen) atoms. The lowest BCUT2D eigenvalue weighted by Crippen LogP contribution is -2.33. The molecule has 1 aliphatic rings. The quantitative estimate of drug-likeness (QED) is 0.771. The average molecular weight is 356 g/mol. The van der Waals surface area contributed by atoms with Crippen LogP contribution in [0.25, 0.3) is 5.65 Å². The number of aryl methyl sites for hydroxylation is 2. The van der Waals surface area contributed by atoms with Crippen molar-refractivity contribution in [2.45, 2.75) is 40.2 Å². The van der Waals surface area contributed by atoms with Crippen molar-refractivity contribution in [3.63, 3.8) is 0 Å². The Balaban J connectivity index is 1.51. The largest absolute Gasteiger partial charge is 0.328 e. The summed E-state index contributed by atoms with van der Waals surface area (Å²) in [5.41, 5.74) is 4.05. The Morgan fingerprint density at radius 3 is 3.08 bits per heavy atom. The minimum Gasteiger partial charge on any atom is -0.328 e. The molecule has 6 nitrogen and oxygen atoms in total. The van der Waals surface area contributed by atoms with Gasteiger partial charge in [0.15, 0.2) is 11.5 Å². The molecular formula is C18H24N6S. The van der Waals surface area contributed by atoms with Crippen molar-refractivity contribution in [2.75, 3.05) is 18.4 Å². The number of aromatic nitrogens is 4. The number of rotatable bonds is 4. The lowest BCUT2D eigenvalue weighted by molar-refractivity contribution is 0.175. The van der Waals surface area contributed by atoms with Crippen molar-refractivity contribution in [1.29, 1.82) is 0 Å². The molecule has 0 spiro atoms. The number of anilines is 2. The van der Waals surface area contributed by atoms with Crippen LogP contribution in [0.1, 0.15) is 36.8 Å². The van der Waals surface area contributed by atoms with Gasteiger partial charge in [0.25, 0.3) is 0 Å². The molecule has 1 aliphatic heterocycles. The Labute approximate surface area is 152 Å². The van der Waals surface area contributed by atoms with Crippen molar-refractivity contribution in [2.24, 2.45) is 5.92 Å². The summed E-state index contributed by atoms with van der Waals surface area (Å²) in [5, 5.41) is 4.43. The van der Waals surface area contributed by atoms with E-state index in [0.717, 1.165) is 46.0 Å². The smallest absolute Gasteiger partial charge is 0.180 e. The van der Waals surface area contributed by atoms with Crippen LogP contribution in [0, 0.1) is 19.8 Å². The summed E-state index contributed by atoms with van der Waals surface area (Å²) < 4.78 is 6.69. The molecule has 1 atom stereocenters. The second kappa shape index (κ2) is 6.72. The first-order valence-corrected chi connectivity index (χ1v) is 9.62. The Morgan fingerprint density at radius 2 is 2.24 bits per heavy atom. The number of fused-ring (bicyclic) bond motifs is 1. The van der Waals surface area contributed by atoms with Gasteiger partial charge in [-0.3, -0.25) is 9.30 Å². The van der Waals surface area contributed by atoms with Crippen LogP contribution >= 0.6 is 11.5 Å². The molecule has 7 heteroatoms. The fourth-order valence-electron chi connectivity index (χ4n) is 3.53. The van der Waals surface area contributed by atoms with E-state index in [1.165, 1.54) is 37.5 Å². The SMILES string of the molecule is Cc1cn2c(C)cnc2c(Nc2cc(CN3CCCC(C)C3)ns2)n1. The van der Waals surface area contributed by atoms with Crippen LogP contribution in [0.3, 0.4) is 0 Å². The maximum Gasteiger partial charge on any atom is 0.180 e. The first kappa shape index (κ1) is 16.5. The first-order chi connectivity index (χ1) is 12.1. The Kier molecular flexibility index (Phi) is 4.43. The van der Waals surface area contributed by atoms with E-state index >= 15 is 0 Å². The molecule has 4 heterocycles. The van der Waals surface area contributed by atoms with Crippen molar-refractivity contribution >= 4 is 28.0 Å². The molecule has 0 amide bonds. The summed E-state index contributed by atoms with van der Waals surface area (Å²) in [7, 11) is 0. The normalized spacial score (nSPS) is 18.8. The third kappa shape index (κ3) is 3.52. The van der Waals surface area contributed by atoms with E-state index in [1.807, 2.05) is 26.2 Å². The van der Waals surface area contributed by atoms with E-state index in [1.54, 1.807) is 0 Å². The number of nitrogens with zero attached hydrogens (tertiary/aromatic N) is 5. The molecule has 4 rings (SSSR count). The molecule has 3 aromatic heterocycles. The molecular weight excluding hydrogens is 332 g/mol. The van der Waals surface area contributed by atoms with Gasteiger partial charge >= 0.3 is 0 Å². The third-order valence-corrected chi connectivity index (χ3v) is 5.47. The van der Waals surface area contributed by atoms with Gasteiger partial charge in [0.05, 0.1) is 11.4 Å². The second-order valence-corrected chi connectivity index (χ2v) is 7.92. The van der Waals surface area contributed by atoms with E-state index in [0.29, 0.717) is 0 Å². The van der Waals surface area contributed by atoms with Crippen LogP contribution < -0.4 is 5.32 Å². The van der Waals surface area contributed by atoms with Gasteiger partial charge in [0.1, 0.15) is 5.00 Å². The van der Waals surface area contributed by atoms with Crippen LogP contribution in [0.2, 0.25) is 0 Å². The van der Waals surface area contributed by atoms with Gasteiger partial charge in [-0.2, -0.15) is 4.37 Å². The molecule has 0 aromatic carbocycles. The van der Waals surface area contributed by atoms with Gasteiger partial charge in [-0.25, -0.2) is 9.97 Å². The van der Waals surface area contributed by atoms with Gasteiger partial charge in [-0.1, -0.05) is 6.92 Å². The van der Waals surface area contributed by atoms with Gasteiger partial charge in [0, 0.05) is 31.2 Å². The van der Waals surface area contributed by atoms with E-state index < -0.39 is 0 Å². The molecule has 0 saturated carbocycles. The monoisotopic (exact) mass is 356 g/mol. The number of piperidine rings is 1. The number of nitrogens with one attached hydrogen (secondary N) is 1. The maximum absolute atomic E-state index is 4.62. The third-order valence-electron chi connectivity index (χ3n) is 4.73. The number of likely N-dealkylation sites (tertiary alicyclic amines) is 1. The van der Waals surface area contributed by atoms with Crippen molar-refractivity contribution < 1.29 is 0 Å². The number of hydrogen-bond donors (Lipinski definition) is 1. The first-order valence-electron chi connectivity index (χ1n) is 8.85. The van der Waals surface area contributed by atoms with Crippen molar-refractivity contribution in [3.8, 4) is 0 Å². The van der Waals surface area contributed by atoms with E-state index in [9.17, 15) is 0 Å². The summed E-state index contributed by atoms with van der Waals surface area (Å²) >= 11 is 1.49. The Morgan fingerprint density at radius 1 is 1.36 bits per heavy atom. The van der Waals surface area contributed by atoms with Crippen LogP contribution in [-0.4, -0.2) is 36.7 Å². The van der Waals surface area contributed by atoms with Gasteiger partial charge in [0.2, 0.25) is 0 Å². The van der Waals surface area contributed by atoms with Crippen molar-refractivity contribution in [3.05, 3.63) is 35.5 Å². The van der Waals surface area contributed by atoms with E-state index in [2.05, 4.69) is 41.9 Å². The molecule has 1 saturated heterocycles. The summed E-state index contributed by atoms with van der Waals surface area (Å²) in [5.74, 6) is 1.58. The standard InChI is InChI=1S/C18H24N6S/c1-12-5-4-6-23(9-12)11-15-7-16(25-22-15)21-17-18-19-8-14(3)24(18)10-13(2)20-17/h7-8,10,12H,4-6,9,11H2,1-3H3,(H,20,21). The summed E-state index contributed by atoms with van der Waals surface area (Å²) in [6, 6.07) is 2.14. The van der Waals surface area contributed by atoms with Crippen LogP contribution in [0.5, 0.6) is 0 Å². The predicted octanol–water partition coefficient (Wildman–Crippen LogP) is 3.78. The highest BCUT2D eigenvalue weighted by Gasteiger charge is 2.17. The summed E-state index contributed by atoms with van der Waals surface area (Å²) in [4.78, 5) is 11.6. The molecule has 0 aliphatic carbocycles. The molecule has 1 fully saturated rings. The zero-order valence-electron chi connectivity index (χ0n) is 15.0. The zero-order chi connectivity index (χ0) is 17.4. The number of hydrogen-bond acceptors (Lipinski definition) is 6.